The first-order chi connectivity index (χ1) is 25.8. The van der Waals surface area contributed by atoms with Crippen LogP contribution in [0.25, 0.3) is 71.4 Å². The first-order valence-corrected chi connectivity index (χ1v) is 18.5. The summed E-state index contributed by atoms with van der Waals surface area (Å²) in [7, 11) is 0. The fourth-order valence-electron chi connectivity index (χ4n) is 8.10. The second-order valence-electron chi connectivity index (χ2n) is 13.5. The molecule has 1 atom stereocenters. The molecule has 244 valence electrons. The van der Waals surface area contributed by atoms with Crippen LogP contribution in [0.5, 0.6) is 0 Å². The maximum atomic E-state index is 6.51. The molecule has 3 nitrogen and oxygen atoms in total. The molecule has 4 heteroatoms. The van der Waals surface area contributed by atoms with Gasteiger partial charge in [-0.05, 0) is 85.8 Å². The van der Waals surface area contributed by atoms with Crippen molar-refractivity contribution in [1.29, 1.82) is 0 Å². The van der Waals surface area contributed by atoms with Gasteiger partial charge in [0.2, 0.25) is 0 Å². The van der Waals surface area contributed by atoms with Crippen LogP contribution in [-0.4, -0.2) is 5.84 Å². The highest BCUT2D eigenvalue weighted by Crippen LogP contribution is 2.52. The summed E-state index contributed by atoms with van der Waals surface area (Å²) >= 11 is 1.82. The SMILES string of the molecule is c1ccc(C2=C3Sc4ccccc4C3NC(c3cccc4oc5ccc(-c6cccc(-c7cc8ccccc8c8ccccc78)c6)cc5c34)=N2)cc1. The maximum absolute atomic E-state index is 6.51. The predicted molar refractivity (Wildman–Crippen MR) is 218 cm³/mol. The van der Waals surface area contributed by atoms with Crippen molar-refractivity contribution in [3.63, 3.8) is 0 Å². The molecule has 0 fully saturated rings. The van der Waals surface area contributed by atoms with Crippen molar-refractivity contribution < 1.29 is 4.42 Å². The van der Waals surface area contributed by atoms with E-state index in [9.17, 15) is 0 Å². The third kappa shape index (κ3) is 4.58. The highest BCUT2D eigenvalue weighted by atomic mass is 32.2. The van der Waals surface area contributed by atoms with Crippen LogP contribution in [0.1, 0.15) is 22.7 Å². The Morgan fingerprint density at radius 3 is 2.15 bits per heavy atom. The quantitative estimate of drug-likeness (QED) is 0.188. The number of furan rings is 1. The minimum Gasteiger partial charge on any atom is -0.456 e. The molecule has 0 bridgehead atoms. The van der Waals surface area contributed by atoms with Gasteiger partial charge >= 0.3 is 0 Å². The Kier molecular flexibility index (Phi) is 6.55. The van der Waals surface area contributed by atoms with Crippen molar-refractivity contribution in [3.8, 4) is 22.3 Å². The Bertz CT molecular complexity index is 2970. The lowest BCUT2D eigenvalue weighted by molar-refractivity contribution is 0.669. The summed E-state index contributed by atoms with van der Waals surface area (Å²) < 4.78 is 6.51. The largest absolute Gasteiger partial charge is 0.456 e. The van der Waals surface area contributed by atoms with E-state index < -0.39 is 0 Å². The molecule has 3 heterocycles. The van der Waals surface area contributed by atoms with Crippen molar-refractivity contribution in [1.82, 2.24) is 5.32 Å². The first kappa shape index (κ1) is 29.4. The van der Waals surface area contributed by atoms with E-state index in [2.05, 4.69) is 175 Å². The van der Waals surface area contributed by atoms with Gasteiger partial charge in [0.05, 0.1) is 11.7 Å². The molecule has 0 saturated carbocycles. The Hall–Kier alpha value is -6.36. The summed E-state index contributed by atoms with van der Waals surface area (Å²) in [5.41, 5.74) is 10.9. The first-order valence-electron chi connectivity index (χ1n) is 17.7. The minimum atomic E-state index is 0.0295. The van der Waals surface area contributed by atoms with E-state index in [0.29, 0.717) is 0 Å². The lowest BCUT2D eigenvalue weighted by Gasteiger charge is -2.25. The molecule has 0 radical (unpaired) electrons. The van der Waals surface area contributed by atoms with Gasteiger partial charge in [-0.1, -0.05) is 145 Å². The van der Waals surface area contributed by atoms with Gasteiger partial charge in [0.25, 0.3) is 0 Å². The minimum absolute atomic E-state index is 0.0295. The highest BCUT2D eigenvalue weighted by molar-refractivity contribution is 8.03. The topological polar surface area (TPSA) is 37.5 Å². The lowest BCUT2D eigenvalue weighted by Crippen LogP contribution is -2.32. The van der Waals surface area contributed by atoms with Gasteiger partial charge in [0, 0.05) is 31.7 Å². The van der Waals surface area contributed by atoms with Gasteiger partial charge in [-0.15, -0.1) is 0 Å². The molecule has 1 N–H and O–H groups in total. The summed E-state index contributed by atoms with van der Waals surface area (Å²) in [5.74, 6) is 0.855. The normalized spacial score (nSPS) is 15.2. The van der Waals surface area contributed by atoms with E-state index in [0.717, 1.165) is 55.7 Å². The number of nitrogens with one attached hydrogen (secondary N) is 1. The van der Waals surface area contributed by atoms with E-state index in [-0.39, 0.29) is 6.04 Å². The van der Waals surface area contributed by atoms with Crippen molar-refractivity contribution in [2.75, 3.05) is 0 Å². The number of hydrogen-bond donors (Lipinski definition) is 1. The number of amidine groups is 1. The van der Waals surface area contributed by atoms with Crippen LogP contribution in [0.2, 0.25) is 0 Å². The molecule has 8 aromatic carbocycles. The maximum Gasteiger partial charge on any atom is 0.136 e. The summed E-state index contributed by atoms with van der Waals surface area (Å²) in [6.45, 7) is 0. The zero-order chi connectivity index (χ0) is 34.2. The Morgan fingerprint density at radius 1 is 0.500 bits per heavy atom. The van der Waals surface area contributed by atoms with Crippen LogP contribution in [0.15, 0.2) is 189 Å². The molecule has 2 aliphatic heterocycles. The summed E-state index contributed by atoms with van der Waals surface area (Å²) in [6.07, 6.45) is 0. The third-order valence-electron chi connectivity index (χ3n) is 10.5. The number of fused-ring (bicyclic) bond motifs is 9. The molecule has 0 saturated heterocycles. The molecule has 1 aromatic heterocycles. The van der Waals surface area contributed by atoms with E-state index in [1.54, 1.807) is 0 Å². The van der Waals surface area contributed by atoms with Crippen LogP contribution in [0.4, 0.5) is 0 Å². The average molecular weight is 683 g/mol. The van der Waals surface area contributed by atoms with Crippen LogP contribution in [-0.2, 0) is 0 Å². The van der Waals surface area contributed by atoms with E-state index in [1.165, 1.54) is 48.0 Å². The zero-order valence-corrected chi connectivity index (χ0v) is 28.8. The van der Waals surface area contributed by atoms with Gasteiger partial charge in [0.15, 0.2) is 0 Å². The second-order valence-corrected chi connectivity index (χ2v) is 14.6. The Labute approximate surface area is 305 Å². The molecule has 0 aliphatic carbocycles. The Morgan fingerprint density at radius 2 is 1.23 bits per heavy atom. The highest BCUT2D eigenvalue weighted by Gasteiger charge is 2.35. The number of hydrogen-bond acceptors (Lipinski definition) is 4. The van der Waals surface area contributed by atoms with Crippen LogP contribution < -0.4 is 5.32 Å². The van der Waals surface area contributed by atoms with Crippen molar-refractivity contribution in [3.05, 3.63) is 191 Å². The van der Waals surface area contributed by atoms with Crippen LogP contribution >= 0.6 is 11.8 Å². The summed E-state index contributed by atoms with van der Waals surface area (Å²) in [6, 6.07) is 60.8. The number of rotatable bonds is 4. The van der Waals surface area contributed by atoms with Gasteiger partial charge in [-0.3, -0.25) is 0 Å². The summed E-state index contributed by atoms with van der Waals surface area (Å²) in [4.78, 5) is 7.89. The third-order valence-corrected chi connectivity index (χ3v) is 11.8. The molecule has 0 spiro atoms. The molecule has 52 heavy (non-hydrogen) atoms. The van der Waals surface area contributed by atoms with Crippen molar-refractivity contribution >= 4 is 66.8 Å². The molecule has 9 aromatic rings. The number of aliphatic imine (C=N–C) groups is 1. The second kappa shape index (κ2) is 11.6. The average Bonchev–Trinajstić information content (AvgIpc) is 3.79. The Balaban J connectivity index is 1.06. The van der Waals surface area contributed by atoms with Crippen LogP contribution in [0.3, 0.4) is 0 Å². The van der Waals surface area contributed by atoms with E-state index in [1.807, 2.05) is 11.8 Å². The molecule has 1 unspecified atom stereocenters. The van der Waals surface area contributed by atoms with E-state index >= 15 is 0 Å². The van der Waals surface area contributed by atoms with Gasteiger partial charge in [-0.2, -0.15) is 0 Å². The van der Waals surface area contributed by atoms with Gasteiger partial charge < -0.3 is 9.73 Å². The van der Waals surface area contributed by atoms with Crippen molar-refractivity contribution in [2.45, 2.75) is 10.9 Å². The molecule has 2 aliphatic rings. The fourth-order valence-corrected chi connectivity index (χ4v) is 9.35. The van der Waals surface area contributed by atoms with E-state index in [4.69, 9.17) is 9.41 Å². The number of nitrogens with zero attached hydrogens (tertiary/aromatic N) is 1. The van der Waals surface area contributed by atoms with Gasteiger partial charge in [-0.25, -0.2) is 4.99 Å². The number of thioether (sulfide) groups is 1. The zero-order valence-electron chi connectivity index (χ0n) is 28.0. The number of benzene rings is 8. The predicted octanol–water partition coefficient (Wildman–Crippen LogP) is 12.8. The monoisotopic (exact) mass is 682 g/mol. The standard InChI is InChI=1S/C48H30N2OS/c1-2-12-29(13-3-1)45-47-46(37-20-8-9-23-43(37)52-47)50-48(49-45)38-21-11-22-42-44(38)40-27-31(24-25-41(40)51-42)30-15-10-16-32(26-30)39-28-33-14-4-5-17-34(33)35-18-6-7-19-36(35)39/h1-28,46H,(H,49,50). The van der Waals surface area contributed by atoms with Gasteiger partial charge in [0.1, 0.15) is 17.0 Å². The molecule has 11 rings (SSSR count). The van der Waals surface area contributed by atoms with Crippen molar-refractivity contribution in [2.24, 2.45) is 4.99 Å². The molecular weight excluding hydrogens is 653 g/mol. The summed E-state index contributed by atoms with van der Waals surface area (Å²) in [5, 5.41) is 11.1. The lowest BCUT2D eigenvalue weighted by atomic mass is 9.91. The fraction of sp³-hybridized carbons (Fsp3) is 0.0208. The smallest absolute Gasteiger partial charge is 0.136 e. The van der Waals surface area contributed by atoms with Crippen LogP contribution in [0, 0.1) is 0 Å². The molecular formula is C48H30N2OS. The molecule has 0 amide bonds.